The zero-order valence-electron chi connectivity index (χ0n) is 23.3. The highest BCUT2D eigenvalue weighted by molar-refractivity contribution is 7.86. The number of benzene rings is 4. The van der Waals surface area contributed by atoms with E-state index in [-0.39, 0.29) is 11.3 Å². The van der Waals surface area contributed by atoms with Crippen LogP contribution in [0.25, 0.3) is 32.9 Å². The van der Waals surface area contributed by atoms with Gasteiger partial charge in [-0.15, -0.1) is 0 Å². The summed E-state index contributed by atoms with van der Waals surface area (Å²) in [5.41, 5.74) is -0.300. The first-order valence-electron chi connectivity index (χ1n) is 12.7. The van der Waals surface area contributed by atoms with Gasteiger partial charge in [-0.3, -0.25) is 0 Å². The number of aromatic hydroxyl groups is 1. The molecule has 0 aliphatic rings. The molecule has 0 bridgehead atoms. The van der Waals surface area contributed by atoms with E-state index in [1.54, 1.807) is 26.0 Å². The van der Waals surface area contributed by atoms with Gasteiger partial charge in [-0.05, 0) is 72.5 Å². The maximum absolute atomic E-state index is 13.7. The smallest absolute Gasteiger partial charge is 0.485 e. The molecule has 0 radical (unpaired) electrons. The molecule has 0 aliphatic heterocycles. The highest BCUT2D eigenvalue weighted by atomic mass is 32.2. The Bertz CT molecular complexity index is 2020. The Balaban J connectivity index is 0.000000488. The number of esters is 1. The minimum absolute atomic E-state index is 0.147. The lowest BCUT2D eigenvalue weighted by Gasteiger charge is -2.14. The Morgan fingerprint density at radius 3 is 1.91 bits per heavy atom. The summed E-state index contributed by atoms with van der Waals surface area (Å²) in [4.78, 5) is 25.1. The van der Waals surface area contributed by atoms with Gasteiger partial charge in [0.2, 0.25) is 11.0 Å². The number of rotatable bonds is 4. The average Bonchev–Trinajstić information content (AvgIpc) is 2.94. The Kier molecular flexibility index (Phi) is 8.66. The van der Waals surface area contributed by atoms with Gasteiger partial charge in [-0.1, -0.05) is 30.3 Å². The van der Waals surface area contributed by atoms with Crippen LogP contribution in [0.1, 0.15) is 31.8 Å². The number of halogens is 3. The van der Waals surface area contributed by atoms with Crippen LogP contribution in [0.5, 0.6) is 11.5 Å². The van der Waals surface area contributed by atoms with E-state index in [9.17, 15) is 33.0 Å². The molecule has 0 spiro atoms. The van der Waals surface area contributed by atoms with Gasteiger partial charge in [-0.25, -0.2) is 18.0 Å². The minimum Gasteiger partial charge on any atom is -0.741 e. The molecule has 1 aromatic heterocycles. The summed E-state index contributed by atoms with van der Waals surface area (Å²) in [6.07, 6.45) is 0. The van der Waals surface area contributed by atoms with Crippen molar-refractivity contribution in [1.29, 1.82) is 0 Å². The number of carbonyl (C=O) groups is 2. The molecule has 1 heterocycles. The molecule has 2 N–H and O–H groups in total. The summed E-state index contributed by atoms with van der Waals surface area (Å²) < 4.78 is 66.9. The maximum atomic E-state index is 13.7. The molecule has 0 unspecified atom stereocenters. The van der Waals surface area contributed by atoms with E-state index in [0.29, 0.717) is 22.4 Å². The van der Waals surface area contributed by atoms with Crippen LogP contribution >= 0.6 is 0 Å². The van der Waals surface area contributed by atoms with Crippen molar-refractivity contribution >= 4 is 43.9 Å². The third-order valence-corrected chi connectivity index (χ3v) is 7.32. The lowest BCUT2D eigenvalue weighted by molar-refractivity contribution is -0.617. The molecule has 0 saturated carbocycles. The van der Waals surface area contributed by atoms with E-state index < -0.39 is 27.6 Å². The first-order valence-corrected chi connectivity index (χ1v) is 14.1. The normalized spacial score (nSPS) is 11.6. The van der Waals surface area contributed by atoms with Gasteiger partial charge in [-0.2, -0.15) is 17.7 Å². The van der Waals surface area contributed by atoms with Gasteiger partial charge in [0.05, 0.1) is 21.9 Å². The van der Waals surface area contributed by atoms with Gasteiger partial charge >= 0.3 is 17.4 Å². The van der Waals surface area contributed by atoms with Crippen LogP contribution in [0.4, 0.5) is 13.2 Å². The zero-order chi connectivity index (χ0) is 32.6. The van der Waals surface area contributed by atoms with E-state index in [4.69, 9.17) is 17.7 Å². The molecule has 9 nitrogen and oxygen atoms in total. The molecule has 44 heavy (non-hydrogen) atoms. The molecule has 5 aromatic rings. The largest absolute Gasteiger partial charge is 0.741 e. The summed E-state index contributed by atoms with van der Waals surface area (Å²) in [6, 6.07) is 23.5. The molecular weight excluding hydrogens is 603 g/mol. The number of phenolic OH excluding ortho intramolecular Hbond substituents is 1. The van der Waals surface area contributed by atoms with Crippen LogP contribution in [0.3, 0.4) is 0 Å². The van der Waals surface area contributed by atoms with E-state index in [2.05, 4.69) is 0 Å². The number of carboxylic acids is 1. The first-order chi connectivity index (χ1) is 20.5. The fourth-order valence-corrected chi connectivity index (χ4v) is 4.70. The monoisotopic (exact) mass is 627 g/mol. The number of hydrogen-bond donors (Lipinski definition) is 2. The summed E-state index contributed by atoms with van der Waals surface area (Å²) in [5.74, 6) is -0.987. The molecular formula is C31H24F3NO8S. The van der Waals surface area contributed by atoms with Crippen LogP contribution in [0, 0.1) is 13.8 Å². The predicted molar refractivity (Wildman–Crippen MR) is 153 cm³/mol. The van der Waals surface area contributed by atoms with Crippen LogP contribution in [-0.4, -0.2) is 40.6 Å². The van der Waals surface area contributed by atoms with Gasteiger partial charge < -0.3 is 19.5 Å². The van der Waals surface area contributed by atoms with Crippen molar-refractivity contribution < 1.29 is 55.2 Å². The highest BCUT2D eigenvalue weighted by Gasteiger charge is 2.37. The fourth-order valence-electron chi connectivity index (χ4n) is 4.70. The van der Waals surface area contributed by atoms with E-state index in [0.717, 1.165) is 32.9 Å². The van der Waals surface area contributed by atoms with Crippen molar-refractivity contribution in [3.63, 3.8) is 0 Å². The molecule has 4 aromatic carbocycles. The Morgan fingerprint density at radius 1 is 0.841 bits per heavy atom. The van der Waals surface area contributed by atoms with Crippen LogP contribution < -0.4 is 9.30 Å². The fraction of sp³-hybridized carbons (Fsp3) is 0.129. The van der Waals surface area contributed by atoms with Crippen molar-refractivity contribution in [2.45, 2.75) is 19.4 Å². The van der Waals surface area contributed by atoms with Gasteiger partial charge in [0.25, 0.3) is 0 Å². The van der Waals surface area contributed by atoms with Gasteiger partial charge in [0, 0.05) is 12.1 Å². The standard InChI is InChI=1S/C30H23NO5.CHF3O3S/c1-17-14-21(29(33)34)15-18(2)28(17)36-30(35)27-23-6-4-5-7-25(23)31(3)26-16-20(10-13-24(26)27)19-8-11-22(32)12-9-19;2-1(3,4)8(5,6)7/h4-16H,1-3H3,(H,33,34);(H,5,6,7). The minimum atomic E-state index is -6.09. The lowest BCUT2D eigenvalue weighted by atomic mass is 9.98. The van der Waals surface area contributed by atoms with Crippen molar-refractivity contribution in [2.24, 2.45) is 7.05 Å². The molecule has 0 aliphatic carbocycles. The summed E-state index contributed by atoms with van der Waals surface area (Å²) in [7, 11) is -4.13. The lowest BCUT2D eigenvalue weighted by Crippen LogP contribution is -2.31. The third-order valence-electron chi connectivity index (χ3n) is 6.75. The number of nitrogens with zero attached hydrogens (tertiary/aromatic N) is 1. The molecule has 5 rings (SSSR count). The Labute approximate surface area is 249 Å². The number of pyridine rings is 1. The third kappa shape index (κ3) is 6.48. The second kappa shape index (κ2) is 11.9. The van der Waals surface area contributed by atoms with Gasteiger partial charge in [0.1, 0.15) is 18.5 Å². The number of aromatic nitrogens is 1. The molecule has 0 fully saturated rings. The zero-order valence-corrected chi connectivity index (χ0v) is 24.2. The molecule has 0 atom stereocenters. The molecule has 0 saturated heterocycles. The number of alkyl halides is 3. The average molecular weight is 628 g/mol. The summed E-state index contributed by atoms with van der Waals surface area (Å²) >= 11 is 0. The maximum Gasteiger partial charge on any atom is 0.485 e. The number of hydrogen-bond acceptors (Lipinski definition) is 7. The number of fused-ring (bicyclic) bond motifs is 2. The summed E-state index contributed by atoms with van der Waals surface area (Å²) in [6.45, 7) is 3.46. The second-order valence-corrected chi connectivity index (χ2v) is 11.1. The number of aromatic carboxylic acids is 1. The van der Waals surface area contributed by atoms with E-state index in [1.165, 1.54) is 12.1 Å². The number of ether oxygens (including phenoxy) is 1. The SMILES string of the molecule is Cc1cc(C(=O)O)cc(C)c1OC(=O)c1c2ccccc2[n+](C)c2cc(-c3ccc(O)cc3)ccc12.O=S(=O)([O-])C(F)(F)F. The highest BCUT2D eigenvalue weighted by Crippen LogP contribution is 2.32. The summed E-state index contributed by atoms with van der Waals surface area (Å²) in [5, 5.41) is 20.5. The molecule has 13 heteroatoms. The van der Waals surface area contributed by atoms with Crippen molar-refractivity contribution in [3.05, 3.63) is 101 Å². The van der Waals surface area contributed by atoms with E-state index in [1.807, 2.05) is 66.2 Å². The molecule has 228 valence electrons. The van der Waals surface area contributed by atoms with Crippen molar-refractivity contribution in [3.8, 4) is 22.6 Å². The van der Waals surface area contributed by atoms with Crippen LogP contribution in [-0.2, 0) is 17.2 Å². The van der Waals surface area contributed by atoms with Crippen molar-refractivity contribution in [1.82, 2.24) is 0 Å². The second-order valence-electron chi connectivity index (χ2n) is 9.76. The number of para-hydroxylation sites is 1. The van der Waals surface area contributed by atoms with Gasteiger partial charge in [0.15, 0.2) is 10.1 Å². The van der Waals surface area contributed by atoms with Crippen LogP contribution in [0.15, 0.2) is 78.9 Å². The van der Waals surface area contributed by atoms with Crippen molar-refractivity contribution in [2.75, 3.05) is 0 Å². The number of carbonyl (C=O) groups excluding carboxylic acids is 1. The number of carboxylic acid groups (broad SMARTS) is 1. The van der Waals surface area contributed by atoms with E-state index >= 15 is 0 Å². The Hall–Kier alpha value is -5.01. The van der Waals surface area contributed by atoms with Crippen LogP contribution in [0.2, 0.25) is 0 Å². The number of aryl methyl sites for hydroxylation is 3. The predicted octanol–water partition coefficient (Wildman–Crippen LogP) is 5.78. The first kappa shape index (κ1) is 31.9. The Morgan fingerprint density at radius 2 is 1.36 bits per heavy atom. The molecule has 0 amide bonds. The number of phenols is 1. The topological polar surface area (TPSA) is 145 Å². The quantitative estimate of drug-likeness (QED) is 0.0638.